The van der Waals surface area contributed by atoms with E-state index >= 15 is 0 Å². The average Bonchev–Trinajstić information content (AvgIpc) is 2.19. The molecule has 0 aliphatic carbocycles. The van der Waals surface area contributed by atoms with E-state index in [1.54, 1.807) is 13.0 Å². The van der Waals surface area contributed by atoms with Crippen LogP contribution < -0.4 is 16.2 Å². The highest BCUT2D eigenvalue weighted by Crippen LogP contribution is 2.21. The Morgan fingerprint density at radius 1 is 1.44 bits per heavy atom. The third kappa shape index (κ3) is 2.78. The van der Waals surface area contributed by atoms with Crippen molar-refractivity contribution in [1.82, 2.24) is 0 Å². The number of rotatable bonds is 3. The summed E-state index contributed by atoms with van der Waals surface area (Å²) in [7, 11) is -3.78. The van der Waals surface area contributed by atoms with Crippen LogP contribution in [0.2, 0.25) is 0 Å². The fourth-order valence-corrected chi connectivity index (χ4v) is 2.06. The summed E-state index contributed by atoms with van der Waals surface area (Å²) in [6.07, 6.45) is 0. The van der Waals surface area contributed by atoms with Gasteiger partial charge in [-0.15, -0.1) is 0 Å². The van der Waals surface area contributed by atoms with Crippen molar-refractivity contribution in [3.05, 3.63) is 23.8 Å². The number of benzene rings is 1. The van der Waals surface area contributed by atoms with Gasteiger partial charge >= 0.3 is 0 Å². The summed E-state index contributed by atoms with van der Waals surface area (Å²) in [5.41, 5.74) is 5.92. The maximum atomic E-state index is 11.2. The van der Waals surface area contributed by atoms with Gasteiger partial charge in [-0.25, -0.2) is 13.6 Å². The van der Waals surface area contributed by atoms with E-state index in [9.17, 15) is 13.2 Å². The van der Waals surface area contributed by atoms with Crippen LogP contribution in [0.3, 0.4) is 0 Å². The smallest absolute Gasteiger partial charge is 0.238 e. The van der Waals surface area contributed by atoms with Crippen molar-refractivity contribution in [3.63, 3.8) is 0 Å². The van der Waals surface area contributed by atoms with Gasteiger partial charge in [0.2, 0.25) is 15.9 Å². The van der Waals surface area contributed by atoms with Crippen molar-refractivity contribution in [2.75, 3.05) is 11.9 Å². The standard InChI is InChI=1S/C9H13N3O3S/c1-6-7(12-9(13)5-10)3-2-4-8(6)16(11,14)15/h2-4H,5,10H2,1H3,(H,12,13)(H2,11,14,15). The van der Waals surface area contributed by atoms with Crippen LogP contribution >= 0.6 is 0 Å². The van der Waals surface area contributed by atoms with Gasteiger partial charge in [0.25, 0.3) is 0 Å². The van der Waals surface area contributed by atoms with E-state index in [1.807, 2.05) is 0 Å². The summed E-state index contributed by atoms with van der Waals surface area (Å²) in [5, 5.41) is 7.51. The molecule has 0 saturated heterocycles. The Morgan fingerprint density at radius 2 is 2.06 bits per heavy atom. The first-order chi connectivity index (χ1) is 7.36. The van der Waals surface area contributed by atoms with E-state index in [0.29, 0.717) is 11.3 Å². The van der Waals surface area contributed by atoms with Crippen LogP contribution in [0.1, 0.15) is 5.56 Å². The lowest BCUT2D eigenvalue weighted by molar-refractivity contribution is -0.114. The predicted octanol–water partition coefficient (Wildman–Crippen LogP) is -0.460. The molecular weight excluding hydrogens is 230 g/mol. The fraction of sp³-hybridized carbons (Fsp3) is 0.222. The van der Waals surface area contributed by atoms with Crippen molar-refractivity contribution in [1.29, 1.82) is 0 Å². The molecule has 0 bridgehead atoms. The van der Waals surface area contributed by atoms with Gasteiger partial charge in [-0.05, 0) is 24.6 Å². The molecule has 1 rings (SSSR count). The first kappa shape index (κ1) is 12.6. The zero-order valence-electron chi connectivity index (χ0n) is 8.73. The van der Waals surface area contributed by atoms with Crippen LogP contribution in [-0.2, 0) is 14.8 Å². The zero-order valence-corrected chi connectivity index (χ0v) is 9.54. The van der Waals surface area contributed by atoms with Crippen molar-refractivity contribution in [2.24, 2.45) is 10.9 Å². The molecule has 0 atom stereocenters. The fourth-order valence-electron chi connectivity index (χ4n) is 1.26. The molecule has 0 saturated carbocycles. The van der Waals surface area contributed by atoms with Gasteiger partial charge in [-0.2, -0.15) is 0 Å². The van der Waals surface area contributed by atoms with E-state index in [4.69, 9.17) is 10.9 Å². The van der Waals surface area contributed by atoms with Crippen LogP contribution in [-0.4, -0.2) is 20.9 Å². The Labute approximate surface area is 93.7 Å². The number of nitrogens with one attached hydrogen (secondary N) is 1. The third-order valence-electron chi connectivity index (χ3n) is 2.05. The Morgan fingerprint density at radius 3 is 2.56 bits per heavy atom. The van der Waals surface area contributed by atoms with E-state index < -0.39 is 15.9 Å². The molecule has 6 nitrogen and oxygen atoms in total. The molecular formula is C9H13N3O3S. The largest absolute Gasteiger partial charge is 0.325 e. The maximum Gasteiger partial charge on any atom is 0.238 e. The number of nitrogens with two attached hydrogens (primary N) is 2. The Kier molecular flexibility index (Phi) is 3.63. The van der Waals surface area contributed by atoms with Gasteiger partial charge in [0.15, 0.2) is 0 Å². The Hall–Kier alpha value is -1.44. The van der Waals surface area contributed by atoms with Crippen LogP contribution in [0, 0.1) is 6.92 Å². The molecule has 0 aliphatic heterocycles. The molecule has 0 heterocycles. The summed E-state index contributed by atoms with van der Waals surface area (Å²) in [6, 6.07) is 4.46. The van der Waals surface area contributed by atoms with Gasteiger partial charge in [-0.1, -0.05) is 6.07 Å². The monoisotopic (exact) mass is 243 g/mol. The quantitative estimate of drug-likeness (QED) is 0.666. The Balaban J connectivity index is 3.20. The maximum absolute atomic E-state index is 11.2. The predicted molar refractivity (Wildman–Crippen MR) is 60.2 cm³/mol. The highest BCUT2D eigenvalue weighted by molar-refractivity contribution is 7.89. The third-order valence-corrected chi connectivity index (χ3v) is 3.11. The van der Waals surface area contributed by atoms with Gasteiger partial charge in [0, 0.05) is 5.69 Å². The lowest BCUT2D eigenvalue weighted by Gasteiger charge is -2.10. The number of anilines is 1. The molecule has 88 valence electrons. The average molecular weight is 243 g/mol. The number of hydrogen-bond acceptors (Lipinski definition) is 4. The van der Waals surface area contributed by atoms with Crippen LogP contribution in [0.5, 0.6) is 0 Å². The topological polar surface area (TPSA) is 115 Å². The number of amides is 1. The molecule has 1 aromatic rings. The second-order valence-electron chi connectivity index (χ2n) is 3.23. The first-order valence-electron chi connectivity index (χ1n) is 4.48. The molecule has 7 heteroatoms. The van der Waals surface area contributed by atoms with Gasteiger partial charge in [0.05, 0.1) is 11.4 Å². The minimum absolute atomic E-state index is 0.0117. The molecule has 16 heavy (non-hydrogen) atoms. The van der Waals surface area contributed by atoms with E-state index in [1.165, 1.54) is 12.1 Å². The number of hydrogen-bond donors (Lipinski definition) is 3. The number of primary sulfonamides is 1. The summed E-state index contributed by atoms with van der Waals surface area (Å²) in [4.78, 5) is 11.1. The Bertz CT molecular complexity index is 511. The number of carbonyl (C=O) groups is 1. The molecule has 1 amide bonds. The number of carbonyl (C=O) groups excluding carboxylic acids is 1. The van der Waals surface area contributed by atoms with Crippen LogP contribution in [0.25, 0.3) is 0 Å². The molecule has 0 aromatic heterocycles. The van der Waals surface area contributed by atoms with E-state index in [0.717, 1.165) is 0 Å². The molecule has 1 aromatic carbocycles. The van der Waals surface area contributed by atoms with Gasteiger partial charge < -0.3 is 11.1 Å². The second kappa shape index (κ2) is 4.60. The molecule has 0 unspecified atom stereocenters. The number of sulfonamides is 1. The molecule has 5 N–H and O–H groups in total. The molecule has 0 radical (unpaired) electrons. The lowest BCUT2D eigenvalue weighted by Crippen LogP contribution is -2.23. The van der Waals surface area contributed by atoms with Gasteiger partial charge in [-0.3, -0.25) is 4.79 Å². The SMILES string of the molecule is Cc1c(NC(=O)CN)cccc1S(N)(=O)=O. The first-order valence-corrected chi connectivity index (χ1v) is 6.03. The summed E-state index contributed by atoms with van der Waals surface area (Å²) >= 11 is 0. The van der Waals surface area contributed by atoms with Gasteiger partial charge in [0.1, 0.15) is 0 Å². The minimum atomic E-state index is -3.78. The van der Waals surface area contributed by atoms with Crippen molar-refractivity contribution >= 4 is 21.6 Å². The summed E-state index contributed by atoms with van der Waals surface area (Å²) < 4.78 is 22.4. The zero-order chi connectivity index (χ0) is 12.3. The van der Waals surface area contributed by atoms with E-state index in [-0.39, 0.29) is 11.4 Å². The van der Waals surface area contributed by atoms with Crippen LogP contribution in [0.4, 0.5) is 5.69 Å². The molecule has 0 spiro atoms. The van der Waals surface area contributed by atoms with E-state index in [2.05, 4.69) is 5.32 Å². The molecule has 0 fully saturated rings. The van der Waals surface area contributed by atoms with Crippen molar-refractivity contribution in [2.45, 2.75) is 11.8 Å². The van der Waals surface area contributed by atoms with Crippen molar-refractivity contribution < 1.29 is 13.2 Å². The highest BCUT2D eigenvalue weighted by Gasteiger charge is 2.14. The van der Waals surface area contributed by atoms with Crippen molar-refractivity contribution in [3.8, 4) is 0 Å². The lowest BCUT2D eigenvalue weighted by atomic mass is 10.2. The molecule has 0 aliphatic rings. The highest BCUT2D eigenvalue weighted by atomic mass is 32.2. The van der Waals surface area contributed by atoms with Crippen LogP contribution in [0.15, 0.2) is 23.1 Å². The normalized spacial score (nSPS) is 11.2. The summed E-state index contributed by atoms with van der Waals surface area (Å²) in [6.45, 7) is 1.39. The second-order valence-corrected chi connectivity index (χ2v) is 4.76. The minimum Gasteiger partial charge on any atom is -0.325 e. The summed E-state index contributed by atoms with van der Waals surface area (Å²) in [5.74, 6) is -0.394.